The molecule has 0 heterocycles. The van der Waals surface area contributed by atoms with Crippen LogP contribution in [0.3, 0.4) is 0 Å². The summed E-state index contributed by atoms with van der Waals surface area (Å²) >= 11 is 0. The molecule has 3 N–H and O–H groups in total. The standard InChI is InChI=1S/C13H16N2O3/c1-8-6-11(8)13(17)15-9-2-4-10(5-3-9)18-7-12(14)16/h2-5,8,11H,6-7H2,1H3,(H2,14,16)(H,15,17)/t8-,11-/m1/s1. The van der Waals surface area contributed by atoms with Crippen LogP contribution in [0.4, 0.5) is 5.69 Å². The van der Waals surface area contributed by atoms with Crippen molar-refractivity contribution in [2.24, 2.45) is 17.6 Å². The molecule has 0 spiro atoms. The van der Waals surface area contributed by atoms with Crippen molar-refractivity contribution in [3.05, 3.63) is 24.3 Å². The van der Waals surface area contributed by atoms with Crippen LogP contribution in [-0.2, 0) is 9.59 Å². The average Bonchev–Trinajstić information content (AvgIpc) is 3.05. The van der Waals surface area contributed by atoms with Gasteiger partial charge in [0, 0.05) is 11.6 Å². The summed E-state index contributed by atoms with van der Waals surface area (Å²) in [6, 6.07) is 6.85. The van der Waals surface area contributed by atoms with Gasteiger partial charge in [0.15, 0.2) is 6.61 Å². The first-order chi connectivity index (χ1) is 8.56. The summed E-state index contributed by atoms with van der Waals surface area (Å²) in [6.07, 6.45) is 0.964. The Morgan fingerprint density at radius 2 is 2.00 bits per heavy atom. The summed E-state index contributed by atoms with van der Waals surface area (Å²) in [4.78, 5) is 22.2. The van der Waals surface area contributed by atoms with E-state index in [0.29, 0.717) is 11.7 Å². The van der Waals surface area contributed by atoms with Crippen LogP contribution in [0.1, 0.15) is 13.3 Å². The zero-order valence-corrected chi connectivity index (χ0v) is 10.2. The Kier molecular flexibility index (Phi) is 3.50. The van der Waals surface area contributed by atoms with Gasteiger partial charge in [-0.05, 0) is 36.6 Å². The Morgan fingerprint density at radius 3 is 2.50 bits per heavy atom. The first kappa shape index (κ1) is 12.4. The topological polar surface area (TPSA) is 81.4 Å². The Bertz CT molecular complexity index is 456. The first-order valence-electron chi connectivity index (χ1n) is 5.88. The van der Waals surface area contributed by atoms with Crippen LogP contribution in [0.15, 0.2) is 24.3 Å². The SMILES string of the molecule is C[C@@H]1C[C@H]1C(=O)Nc1ccc(OCC(N)=O)cc1. The summed E-state index contributed by atoms with van der Waals surface area (Å²) in [7, 11) is 0. The molecule has 0 aromatic heterocycles. The number of hydrogen-bond acceptors (Lipinski definition) is 3. The number of hydrogen-bond donors (Lipinski definition) is 2. The molecule has 0 bridgehead atoms. The molecule has 0 saturated heterocycles. The molecule has 2 rings (SSSR count). The molecule has 1 aliphatic rings. The minimum absolute atomic E-state index is 0.0632. The monoisotopic (exact) mass is 248 g/mol. The maximum atomic E-state index is 11.7. The maximum Gasteiger partial charge on any atom is 0.255 e. The smallest absolute Gasteiger partial charge is 0.255 e. The second kappa shape index (κ2) is 5.08. The number of rotatable bonds is 5. The van der Waals surface area contributed by atoms with Crippen molar-refractivity contribution in [2.45, 2.75) is 13.3 Å². The van der Waals surface area contributed by atoms with E-state index in [9.17, 15) is 9.59 Å². The largest absolute Gasteiger partial charge is 0.484 e. The van der Waals surface area contributed by atoms with Crippen LogP contribution in [0, 0.1) is 11.8 Å². The van der Waals surface area contributed by atoms with Gasteiger partial charge in [-0.3, -0.25) is 9.59 Å². The fourth-order valence-electron chi connectivity index (χ4n) is 1.71. The fourth-order valence-corrected chi connectivity index (χ4v) is 1.71. The van der Waals surface area contributed by atoms with Crippen molar-refractivity contribution in [1.29, 1.82) is 0 Å². The van der Waals surface area contributed by atoms with Crippen LogP contribution in [0.2, 0.25) is 0 Å². The Labute approximate surface area is 105 Å². The molecule has 5 heteroatoms. The molecule has 5 nitrogen and oxygen atoms in total. The van der Waals surface area contributed by atoms with Crippen molar-refractivity contribution in [2.75, 3.05) is 11.9 Å². The molecule has 0 aliphatic heterocycles. The van der Waals surface area contributed by atoms with E-state index in [4.69, 9.17) is 10.5 Å². The van der Waals surface area contributed by atoms with Crippen LogP contribution in [-0.4, -0.2) is 18.4 Å². The van der Waals surface area contributed by atoms with Crippen molar-refractivity contribution < 1.29 is 14.3 Å². The molecule has 0 radical (unpaired) electrons. The molecule has 1 aromatic rings. The predicted octanol–water partition coefficient (Wildman–Crippen LogP) is 1.15. The van der Waals surface area contributed by atoms with Crippen LogP contribution < -0.4 is 15.8 Å². The number of carbonyl (C=O) groups excluding carboxylic acids is 2. The number of benzene rings is 1. The van der Waals surface area contributed by atoms with Crippen molar-refractivity contribution in [3.8, 4) is 5.75 Å². The van der Waals surface area contributed by atoms with Crippen molar-refractivity contribution in [3.63, 3.8) is 0 Å². The normalized spacial score (nSPS) is 21.2. The van der Waals surface area contributed by atoms with E-state index in [2.05, 4.69) is 12.2 Å². The highest BCUT2D eigenvalue weighted by atomic mass is 16.5. The lowest BCUT2D eigenvalue weighted by molar-refractivity contribution is -0.120. The molecule has 1 aliphatic carbocycles. The second-order valence-corrected chi connectivity index (χ2v) is 4.59. The predicted molar refractivity (Wildman–Crippen MR) is 67.0 cm³/mol. The minimum Gasteiger partial charge on any atom is -0.484 e. The Balaban J connectivity index is 1.87. The van der Waals surface area contributed by atoms with Gasteiger partial charge in [-0.15, -0.1) is 0 Å². The van der Waals surface area contributed by atoms with Crippen LogP contribution in [0.5, 0.6) is 5.75 Å². The number of anilines is 1. The number of ether oxygens (including phenoxy) is 1. The van der Waals surface area contributed by atoms with Gasteiger partial charge < -0.3 is 15.8 Å². The third-order valence-electron chi connectivity index (χ3n) is 2.95. The minimum atomic E-state index is -0.518. The lowest BCUT2D eigenvalue weighted by atomic mass is 10.2. The molecule has 2 amide bonds. The zero-order valence-electron chi connectivity index (χ0n) is 10.2. The average molecular weight is 248 g/mol. The summed E-state index contributed by atoms with van der Waals surface area (Å²) in [6.45, 7) is 1.91. The Hall–Kier alpha value is -2.04. The van der Waals surface area contributed by atoms with Gasteiger partial charge in [-0.1, -0.05) is 6.92 Å². The van der Waals surface area contributed by atoms with Gasteiger partial charge in [0.2, 0.25) is 5.91 Å². The molecule has 1 aromatic carbocycles. The van der Waals surface area contributed by atoms with E-state index in [1.165, 1.54) is 0 Å². The number of primary amides is 1. The maximum absolute atomic E-state index is 11.7. The van der Waals surface area contributed by atoms with E-state index in [1.54, 1.807) is 24.3 Å². The Morgan fingerprint density at radius 1 is 1.39 bits per heavy atom. The van der Waals surface area contributed by atoms with E-state index in [1.807, 2.05) is 0 Å². The van der Waals surface area contributed by atoms with E-state index in [0.717, 1.165) is 12.1 Å². The van der Waals surface area contributed by atoms with Crippen LogP contribution in [0.25, 0.3) is 0 Å². The molecule has 18 heavy (non-hydrogen) atoms. The van der Waals surface area contributed by atoms with Gasteiger partial charge >= 0.3 is 0 Å². The highest BCUT2D eigenvalue weighted by molar-refractivity contribution is 5.94. The molecule has 1 saturated carbocycles. The van der Waals surface area contributed by atoms with Gasteiger partial charge in [0.25, 0.3) is 5.91 Å². The summed E-state index contributed by atoms with van der Waals surface area (Å²) in [5.41, 5.74) is 5.70. The lowest BCUT2D eigenvalue weighted by Gasteiger charge is -2.06. The zero-order chi connectivity index (χ0) is 13.1. The van der Waals surface area contributed by atoms with Gasteiger partial charge in [0.1, 0.15) is 5.75 Å². The highest BCUT2D eigenvalue weighted by Gasteiger charge is 2.38. The fraction of sp³-hybridized carbons (Fsp3) is 0.385. The van der Waals surface area contributed by atoms with Crippen molar-refractivity contribution >= 4 is 17.5 Å². The summed E-state index contributed by atoms with van der Waals surface area (Å²) in [5, 5.41) is 2.84. The number of nitrogens with two attached hydrogens (primary N) is 1. The third kappa shape index (κ3) is 3.23. The second-order valence-electron chi connectivity index (χ2n) is 4.59. The molecular formula is C13H16N2O3. The highest BCUT2D eigenvalue weighted by Crippen LogP contribution is 2.38. The van der Waals surface area contributed by atoms with Gasteiger partial charge in [0.05, 0.1) is 0 Å². The van der Waals surface area contributed by atoms with E-state index < -0.39 is 5.91 Å². The molecule has 96 valence electrons. The first-order valence-corrected chi connectivity index (χ1v) is 5.88. The molecule has 1 fully saturated rings. The summed E-state index contributed by atoms with van der Waals surface area (Å²) in [5.74, 6) is 0.731. The lowest BCUT2D eigenvalue weighted by Crippen LogP contribution is -2.20. The van der Waals surface area contributed by atoms with Gasteiger partial charge in [-0.25, -0.2) is 0 Å². The summed E-state index contributed by atoms with van der Waals surface area (Å²) < 4.78 is 5.12. The number of nitrogens with one attached hydrogen (secondary N) is 1. The van der Waals surface area contributed by atoms with Crippen LogP contribution >= 0.6 is 0 Å². The van der Waals surface area contributed by atoms with Crippen molar-refractivity contribution in [1.82, 2.24) is 0 Å². The number of carbonyl (C=O) groups is 2. The molecule has 2 atom stereocenters. The van der Waals surface area contributed by atoms with E-state index >= 15 is 0 Å². The quantitative estimate of drug-likeness (QED) is 0.820. The molecule has 0 unspecified atom stereocenters. The third-order valence-corrected chi connectivity index (χ3v) is 2.95. The molecular weight excluding hydrogens is 232 g/mol. The van der Waals surface area contributed by atoms with Gasteiger partial charge in [-0.2, -0.15) is 0 Å². The number of amides is 2. The van der Waals surface area contributed by atoms with E-state index in [-0.39, 0.29) is 18.4 Å².